The summed E-state index contributed by atoms with van der Waals surface area (Å²) in [7, 11) is 0. The number of carbonyl (C=O) groups excluding carboxylic acids is 1. The van der Waals surface area contributed by atoms with Gasteiger partial charge in [-0.25, -0.2) is 0 Å². The van der Waals surface area contributed by atoms with Crippen molar-refractivity contribution < 1.29 is 23.1 Å². The molecule has 3 rings (SSSR count). The highest BCUT2D eigenvalue weighted by molar-refractivity contribution is 5.78. The molecular weight excluding hydrogens is 347 g/mol. The van der Waals surface area contributed by atoms with Gasteiger partial charge in [0.15, 0.2) is 0 Å². The average molecular weight is 371 g/mol. The highest BCUT2D eigenvalue weighted by Crippen LogP contribution is 2.33. The molecule has 2 aliphatic rings. The Hall–Kier alpha value is -1.96. The number of aromatic hydroxyl groups is 1. The minimum absolute atomic E-state index is 0.110. The summed E-state index contributed by atoms with van der Waals surface area (Å²) in [6, 6.07) is 6.97. The number of phenolic OH excluding ortho intramolecular Hbond substituents is 1. The molecule has 1 aromatic carbocycles. The number of rotatable bonds is 3. The molecule has 2 fully saturated rings. The summed E-state index contributed by atoms with van der Waals surface area (Å²) < 4.78 is 38.7. The number of benzene rings is 1. The Labute approximate surface area is 151 Å². The van der Waals surface area contributed by atoms with E-state index in [1.165, 1.54) is 4.90 Å². The number of alkyl halides is 3. The number of piperidine rings is 1. The Kier molecular flexibility index (Phi) is 5.60. The lowest BCUT2D eigenvalue weighted by atomic mass is 9.97. The van der Waals surface area contributed by atoms with E-state index in [4.69, 9.17) is 0 Å². The topological polar surface area (TPSA) is 47.0 Å². The SMILES string of the molecule is O=C(CN1CCN(c2ccc(O)cc2)CC1)N1CCCC(C(F)(F)F)C1. The highest BCUT2D eigenvalue weighted by atomic mass is 19.4. The third-order valence-corrected chi connectivity index (χ3v) is 5.18. The van der Waals surface area contributed by atoms with Crippen molar-refractivity contribution in [2.45, 2.75) is 19.0 Å². The van der Waals surface area contributed by atoms with Crippen LogP contribution in [-0.2, 0) is 4.79 Å². The van der Waals surface area contributed by atoms with Gasteiger partial charge < -0.3 is 14.9 Å². The van der Waals surface area contributed by atoms with Crippen molar-refractivity contribution in [1.29, 1.82) is 0 Å². The van der Waals surface area contributed by atoms with E-state index in [0.717, 1.165) is 18.8 Å². The van der Waals surface area contributed by atoms with Crippen molar-refractivity contribution in [2.75, 3.05) is 50.7 Å². The van der Waals surface area contributed by atoms with Crippen molar-refractivity contribution in [2.24, 2.45) is 5.92 Å². The molecule has 0 aromatic heterocycles. The summed E-state index contributed by atoms with van der Waals surface area (Å²) in [5.41, 5.74) is 1.01. The van der Waals surface area contributed by atoms with E-state index >= 15 is 0 Å². The second kappa shape index (κ2) is 7.73. The van der Waals surface area contributed by atoms with Gasteiger partial charge in [0.05, 0.1) is 12.5 Å². The minimum Gasteiger partial charge on any atom is -0.508 e. The normalized spacial score (nSPS) is 22.5. The van der Waals surface area contributed by atoms with Crippen LogP contribution in [0.3, 0.4) is 0 Å². The third kappa shape index (κ3) is 4.60. The second-order valence-electron chi connectivity index (χ2n) is 7.00. The maximum Gasteiger partial charge on any atom is 0.393 e. The molecule has 0 bridgehead atoms. The van der Waals surface area contributed by atoms with Crippen LogP contribution in [0.4, 0.5) is 18.9 Å². The summed E-state index contributed by atoms with van der Waals surface area (Å²) in [5.74, 6) is -1.39. The highest BCUT2D eigenvalue weighted by Gasteiger charge is 2.42. The van der Waals surface area contributed by atoms with E-state index in [1.807, 2.05) is 17.0 Å². The molecule has 1 amide bonds. The first-order valence-corrected chi connectivity index (χ1v) is 8.94. The maximum atomic E-state index is 12.9. The van der Waals surface area contributed by atoms with E-state index in [2.05, 4.69) is 4.90 Å². The first kappa shape index (κ1) is 18.8. The molecule has 26 heavy (non-hydrogen) atoms. The van der Waals surface area contributed by atoms with Crippen LogP contribution in [0, 0.1) is 5.92 Å². The number of carbonyl (C=O) groups is 1. The monoisotopic (exact) mass is 371 g/mol. The number of anilines is 1. The molecule has 2 heterocycles. The lowest BCUT2D eigenvalue weighted by Gasteiger charge is -2.38. The van der Waals surface area contributed by atoms with E-state index in [-0.39, 0.29) is 31.2 Å². The zero-order valence-electron chi connectivity index (χ0n) is 14.6. The Morgan fingerprint density at radius 3 is 2.35 bits per heavy atom. The van der Waals surface area contributed by atoms with Gasteiger partial charge in [-0.05, 0) is 37.1 Å². The van der Waals surface area contributed by atoms with Crippen molar-refractivity contribution in [3.63, 3.8) is 0 Å². The molecule has 1 unspecified atom stereocenters. The Balaban J connectivity index is 1.48. The first-order valence-electron chi connectivity index (χ1n) is 8.94. The smallest absolute Gasteiger partial charge is 0.393 e. The number of piperazine rings is 1. The molecule has 1 N–H and O–H groups in total. The number of hydrogen-bond donors (Lipinski definition) is 1. The largest absolute Gasteiger partial charge is 0.508 e. The van der Waals surface area contributed by atoms with Crippen LogP contribution in [0.25, 0.3) is 0 Å². The summed E-state index contributed by atoms with van der Waals surface area (Å²) in [5, 5.41) is 9.35. The predicted octanol–water partition coefficient (Wildman–Crippen LogP) is 2.32. The first-order chi connectivity index (χ1) is 12.3. The fourth-order valence-corrected chi connectivity index (χ4v) is 3.59. The Morgan fingerprint density at radius 1 is 1.08 bits per heavy atom. The standard InChI is InChI=1S/C18H24F3N3O2/c19-18(20,21)14-2-1-7-24(12-14)17(26)13-22-8-10-23(11-9-22)15-3-5-16(25)6-4-15/h3-6,14,25H,1-2,7-13H2. The van der Waals surface area contributed by atoms with Crippen LogP contribution in [0.15, 0.2) is 24.3 Å². The predicted molar refractivity (Wildman–Crippen MR) is 92.1 cm³/mol. The zero-order chi connectivity index (χ0) is 18.7. The molecule has 0 saturated carbocycles. The maximum absolute atomic E-state index is 12.9. The lowest BCUT2D eigenvalue weighted by Crippen LogP contribution is -2.52. The van der Waals surface area contributed by atoms with Gasteiger partial charge in [-0.2, -0.15) is 13.2 Å². The van der Waals surface area contributed by atoms with Crippen LogP contribution in [0.2, 0.25) is 0 Å². The zero-order valence-corrected chi connectivity index (χ0v) is 14.6. The quantitative estimate of drug-likeness (QED) is 0.886. The molecule has 1 aromatic rings. The van der Waals surface area contributed by atoms with E-state index in [0.29, 0.717) is 26.1 Å². The lowest BCUT2D eigenvalue weighted by molar-refractivity contribution is -0.188. The molecular formula is C18H24F3N3O2. The van der Waals surface area contributed by atoms with Crippen molar-refractivity contribution in [3.05, 3.63) is 24.3 Å². The van der Waals surface area contributed by atoms with Gasteiger partial charge in [0.1, 0.15) is 5.75 Å². The number of halogens is 3. The molecule has 144 valence electrons. The van der Waals surface area contributed by atoms with Gasteiger partial charge in [0.25, 0.3) is 0 Å². The van der Waals surface area contributed by atoms with Gasteiger partial charge in [0.2, 0.25) is 5.91 Å². The van der Waals surface area contributed by atoms with E-state index < -0.39 is 12.1 Å². The number of likely N-dealkylation sites (tertiary alicyclic amines) is 1. The molecule has 2 saturated heterocycles. The fourth-order valence-electron chi connectivity index (χ4n) is 3.59. The van der Waals surface area contributed by atoms with Crippen molar-refractivity contribution >= 4 is 11.6 Å². The summed E-state index contributed by atoms with van der Waals surface area (Å²) >= 11 is 0. The summed E-state index contributed by atoms with van der Waals surface area (Å²) in [4.78, 5) is 17.9. The van der Waals surface area contributed by atoms with Crippen LogP contribution >= 0.6 is 0 Å². The van der Waals surface area contributed by atoms with Crippen LogP contribution in [0.1, 0.15) is 12.8 Å². The van der Waals surface area contributed by atoms with Gasteiger partial charge in [-0.1, -0.05) is 0 Å². The molecule has 1 atom stereocenters. The van der Waals surface area contributed by atoms with Crippen LogP contribution in [-0.4, -0.2) is 72.8 Å². The van der Waals surface area contributed by atoms with Gasteiger partial charge >= 0.3 is 6.18 Å². The third-order valence-electron chi connectivity index (χ3n) is 5.18. The number of phenols is 1. The Morgan fingerprint density at radius 2 is 1.73 bits per heavy atom. The number of nitrogens with zero attached hydrogens (tertiary/aromatic N) is 3. The van der Waals surface area contributed by atoms with Gasteiger partial charge in [-0.15, -0.1) is 0 Å². The van der Waals surface area contributed by atoms with Gasteiger partial charge in [0, 0.05) is 45.0 Å². The van der Waals surface area contributed by atoms with Crippen molar-refractivity contribution in [3.8, 4) is 5.75 Å². The molecule has 5 nitrogen and oxygen atoms in total. The van der Waals surface area contributed by atoms with Crippen molar-refractivity contribution in [1.82, 2.24) is 9.80 Å². The van der Waals surface area contributed by atoms with Crippen LogP contribution < -0.4 is 4.90 Å². The minimum atomic E-state index is -4.23. The molecule has 0 spiro atoms. The molecule has 0 aliphatic carbocycles. The molecule has 2 aliphatic heterocycles. The fraction of sp³-hybridized carbons (Fsp3) is 0.611. The Bertz CT molecular complexity index is 613. The summed E-state index contributed by atoms with van der Waals surface area (Å²) in [6.07, 6.45) is -3.71. The molecule has 0 radical (unpaired) electrons. The van der Waals surface area contributed by atoms with Gasteiger partial charge in [-0.3, -0.25) is 9.69 Å². The number of amides is 1. The molecule has 8 heteroatoms. The number of hydrogen-bond acceptors (Lipinski definition) is 4. The van der Waals surface area contributed by atoms with E-state index in [9.17, 15) is 23.1 Å². The van der Waals surface area contributed by atoms with E-state index in [1.54, 1.807) is 12.1 Å². The average Bonchev–Trinajstić information content (AvgIpc) is 2.62. The second-order valence-corrected chi connectivity index (χ2v) is 7.00. The van der Waals surface area contributed by atoms with Crippen LogP contribution in [0.5, 0.6) is 5.75 Å². The summed E-state index contributed by atoms with van der Waals surface area (Å²) in [6.45, 7) is 3.22.